The number of amides is 1. The summed E-state index contributed by atoms with van der Waals surface area (Å²) in [6.45, 7) is 5.45. The highest BCUT2D eigenvalue weighted by Gasteiger charge is 2.55. The van der Waals surface area contributed by atoms with Crippen LogP contribution in [-0.4, -0.2) is 96.6 Å². The van der Waals surface area contributed by atoms with Crippen molar-refractivity contribution in [2.24, 2.45) is 35.5 Å². The van der Waals surface area contributed by atoms with Crippen molar-refractivity contribution in [1.82, 2.24) is 25.8 Å². The third-order valence-corrected chi connectivity index (χ3v) is 11.2. The predicted octanol–water partition coefficient (Wildman–Crippen LogP) is 1.74. The number of carbonyl (C=O) groups is 1. The van der Waals surface area contributed by atoms with Gasteiger partial charge in [0.2, 0.25) is 5.91 Å². The predicted molar refractivity (Wildman–Crippen MR) is 138 cm³/mol. The van der Waals surface area contributed by atoms with Gasteiger partial charge in [0.1, 0.15) is 6.17 Å². The summed E-state index contributed by atoms with van der Waals surface area (Å²) in [6, 6.07) is -0.207. The van der Waals surface area contributed by atoms with Crippen molar-refractivity contribution in [3.63, 3.8) is 0 Å². The molecule has 1 amide bonds. The number of nitrogens with one attached hydrogen (secondary N) is 3. The van der Waals surface area contributed by atoms with Gasteiger partial charge in [-0.15, -0.1) is 11.6 Å². The fraction of sp³-hybridized carbons (Fsp3) is 0.963. The number of nitrogens with zero attached hydrogens (tertiary/aromatic N) is 2. The van der Waals surface area contributed by atoms with Crippen LogP contribution in [0.3, 0.4) is 0 Å². The van der Waals surface area contributed by atoms with E-state index < -0.39 is 6.17 Å². The first kappa shape index (κ1) is 25.8. The van der Waals surface area contributed by atoms with E-state index in [-0.39, 0.29) is 53.3 Å². The summed E-state index contributed by atoms with van der Waals surface area (Å²) in [5, 5.41) is 20.8. The van der Waals surface area contributed by atoms with Crippen molar-refractivity contribution in [1.29, 1.82) is 0 Å². The minimum Gasteiger partial charge on any atom is -0.393 e. The molecule has 6 rings (SSSR count). The molecule has 0 bridgehead atoms. The first-order chi connectivity index (χ1) is 17.5. The van der Waals surface area contributed by atoms with Crippen molar-refractivity contribution in [2.75, 3.05) is 45.9 Å². The Morgan fingerprint density at radius 2 is 1.75 bits per heavy atom. The minimum atomic E-state index is -0.994. The van der Waals surface area contributed by atoms with E-state index in [1.807, 2.05) is 4.90 Å². The van der Waals surface area contributed by atoms with Gasteiger partial charge in [-0.2, -0.15) is 0 Å². The molecule has 3 aliphatic carbocycles. The van der Waals surface area contributed by atoms with Crippen LogP contribution in [0.15, 0.2) is 0 Å². The second kappa shape index (κ2) is 10.9. The Morgan fingerprint density at radius 1 is 0.944 bits per heavy atom. The Labute approximate surface area is 220 Å². The van der Waals surface area contributed by atoms with Crippen LogP contribution in [0, 0.1) is 35.5 Å². The highest BCUT2D eigenvalue weighted by atomic mass is 35.5. The van der Waals surface area contributed by atoms with Gasteiger partial charge in [-0.1, -0.05) is 19.3 Å². The van der Waals surface area contributed by atoms with Gasteiger partial charge < -0.3 is 15.3 Å². The van der Waals surface area contributed by atoms with Crippen LogP contribution in [-0.2, 0) is 4.79 Å². The quantitative estimate of drug-likeness (QED) is 0.420. The molecule has 0 spiro atoms. The molecule has 7 nitrogen and oxygen atoms in total. The molecule has 3 saturated carbocycles. The summed E-state index contributed by atoms with van der Waals surface area (Å²) in [5.41, 5.74) is 0. The van der Waals surface area contributed by atoms with Crippen LogP contribution in [0.5, 0.6) is 0 Å². The molecule has 6 fully saturated rings. The molecule has 0 radical (unpaired) electrons. The van der Waals surface area contributed by atoms with Crippen LogP contribution in [0.2, 0.25) is 0 Å². The Hall–Kier alpha value is -0.510. The van der Waals surface area contributed by atoms with Crippen LogP contribution >= 0.6 is 11.6 Å². The number of aliphatic hydroxyl groups excluding tert-OH is 1. The Balaban J connectivity index is 1.12. The largest absolute Gasteiger partial charge is 0.393 e. The number of fused-ring (bicyclic) bond motifs is 2. The van der Waals surface area contributed by atoms with Crippen LogP contribution < -0.4 is 16.0 Å². The maximum absolute atomic E-state index is 16.5. The fourth-order valence-electron chi connectivity index (χ4n) is 8.98. The van der Waals surface area contributed by atoms with Crippen molar-refractivity contribution in [2.45, 2.75) is 81.2 Å². The van der Waals surface area contributed by atoms with Gasteiger partial charge in [-0.05, 0) is 56.4 Å². The van der Waals surface area contributed by atoms with E-state index in [2.05, 4.69) is 20.9 Å². The zero-order valence-corrected chi connectivity index (χ0v) is 22.2. The second-order valence-electron chi connectivity index (χ2n) is 12.5. The van der Waals surface area contributed by atoms with E-state index in [4.69, 9.17) is 11.6 Å². The molecule has 0 aromatic heterocycles. The summed E-state index contributed by atoms with van der Waals surface area (Å²) in [4.78, 5) is 17.3. The van der Waals surface area contributed by atoms with Gasteiger partial charge in [0.15, 0.2) is 0 Å². The standard InChI is InChI=1S/C27H45ClFN5O2/c28-22-13-21-25(24(29)23(22)20-12-18(35)11-16-3-1-2-4-19(16)20)31-15-32-26(21)33-7-9-34(10-8-33)27(36)17-5-6-30-14-17/h16-26,30-32,35H,1-15H2. The molecule has 3 heterocycles. The number of hydrogen-bond acceptors (Lipinski definition) is 6. The lowest BCUT2D eigenvalue weighted by Gasteiger charge is -2.55. The molecule has 3 saturated heterocycles. The molecular formula is C27H45ClFN5O2. The van der Waals surface area contributed by atoms with Gasteiger partial charge in [-0.3, -0.25) is 20.3 Å². The molecular weight excluding hydrogens is 481 g/mol. The zero-order chi connectivity index (χ0) is 24.8. The maximum atomic E-state index is 16.5. The Kier molecular flexibility index (Phi) is 7.82. The van der Waals surface area contributed by atoms with Gasteiger partial charge in [0.25, 0.3) is 0 Å². The molecule has 204 valence electrons. The van der Waals surface area contributed by atoms with Crippen molar-refractivity contribution in [3.05, 3.63) is 0 Å². The van der Waals surface area contributed by atoms with E-state index in [1.54, 1.807) is 0 Å². The van der Waals surface area contributed by atoms with Gasteiger partial charge >= 0.3 is 0 Å². The second-order valence-corrected chi connectivity index (χ2v) is 13.1. The smallest absolute Gasteiger partial charge is 0.227 e. The average Bonchev–Trinajstić information content (AvgIpc) is 3.43. The number of piperazine rings is 1. The van der Waals surface area contributed by atoms with Gasteiger partial charge in [0.05, 0.1) is 18.2 Å². The van der Waals surface area contributed by atoms with Crippen LogP contribution in [0.1, 0.15) is 51.4 Å². The van der Waals surface area contributed by atoms with E-state index in [1.165, 1.54) is 25.7 Å². The van der Waals surface area contributed by atoms with Crippen molar-refractivity contribution in [3.8, 4) is 0 Å². The van der Waals surface area contributed by atoms with Crippen molar-refractivity contribution >= 4 is 17.5 Å². The molecule has 11 unspecified atom stereocenters. The summed E-state index contributed by atoms with van der Waals surface area (Å²) in [5.74, 6) is 1.57. The average molecular weight is 526 g/mol. The van der Waals surface area contributed by atoms with E-state index in [9.17, 15) is 9.90 Å². The molecule has 4 N–H and O–H groups in total. The Morgan fingerprint density at radius 3 is 2.53 bits per heavy atom. The summed E-state index contributed by atoms with van der Waals surface area (Å²) >= 11 is 7.10. The van der Waals surface area contributed by atoms with Gasteiger partial charge in [-0.25, -0.2) is 4.39 Å². The third kappa shape index (κ3) is 4.84. The molecule has 3 aliphatic heterocycles. The van der Waals surface area contributed by atoms with Gasteiger partial charge in [0, 0.05) is 62.6 Å². The van der Waals surface area contributed by atoms with Crippen LogP contribution in [0.25, 0.3) is 0 Å². The summed E-state index contributed by atoms with van der Waals surface area (Å²) in [7, 11) is 0. The lowest BCUT2D eigenvalue weighted by Crippen LogP contribution is -2.71. The first-order valence-electron chi connectivity index (χ1n) is 14.7. The maximum Gasteiger partial charge on any atom is 0.227 e. The lowest BCUT2D eigenvalue weighted by molar-refractivity contribution is -0.138. The highest BCUT2D eigenvalue weighted by molar-refractivity contribution is 6.21. The summed E-state index contributed by atoms with van der Waals surface area (Å²) in [6.07, 6.45) is 6.92. The lowest BCUT2D eigenvalue weighted by atomic mass is 9.57. The normalized spacial score (nSPS) is 48.3. The van der Waals surface area contributed by atoms with E-state index in [0.29, 0.717) is 24.9 Å². The number of halogens is 2. The molecule has 6 aliphatic rings. The van der Waals surface area contributed by atoms with E-state index >= 15 is 4.39 Å². The van der Waals surface area contributed by atoms with Crippen molar-refractivity contribution < 1.29 is 14.3 Å². The number of carbonyl (C=O) groups excluding carboxylic acids is 1. The first-order valence-corrected chi connectivity index (χ1v) is 15.1. The topological polar surface area (TPSA) is 79.9 Å². The van der Waals surface area contributed by atoms with E-state index in [0.717, 1.165) is 58.5 Å². The number of rotatable bonds is 3. The SMILES string of the molecule is O=C(C1CCNC1)N1CCN(C2NCNC3C(F)C(C4CC(O)CC5CCCCC54)C(Cl)CC32)CC1. The molecule has 11 atom stereocenters. The highest BCUT2D eigenvalue weighted by Crippen LogP contribution is 2.52. The molecule has 36 heavy (non-hydrogen) atoms. The molecule has 9 heteroatoms. The van der Waals surface area contributed by atoms with Crippen LogP contribution in [0.4, 0.5) is 4.39 Å². The zero-order valence-electron chi connectivity index (χ0n) is 21.5. The molecule has 0 aromatic rings. The monoisotopic (exact) mass is 525 g/mol. The fourth-order valence-corrected chi connectivity index (χ4v) is 9.51. The number of hydrogen-bond donors (Lipinski definition) is 4. The number of alkyl halides is 2. The molecule has 0 aromatic carbocycles. The minimum absolute atomic E-state index is 0.0847. The summed E-state index contributed by atoms with van der Waals surface area (Å²) < 4.78 is 16.5. The third-order valence-electron chi connectivity index (χ3n) is 10.7. The Bertz CT molecular complexity index is 779. The number of aliphatic hydroxyl groups is 1.